The standard InChI is InChI=1S/C31H20FN/c32-29-17-16-26(30-7-3-4-18-33-30)20-25(29)11-9-21-8-10-23-13-15-24-14-12-22-5-1-2-6-27(22)31(24)28(23)19-21/h1-20H/b11-9+. The van der Waals surface area contributed by atoms with E-state index in [9.17, 15) is 4.39 Å². The molecule has 1 nitrogen and oxygen atoms in total. The van der Waals surface area contributed by atoms with Gasteiger partial charge in [-0.2, -0.15) is 0 Å². The molecule has 6 aromatic rings. The van der Waals surface area contributed by atoms with E-state index in [0.29, 0.717) is 5.56 Å². The Bertz CT molecular complexity index is 1660. The maximum atomic E-state index is 14.6. The predicted octanol–water partition coefficient (Wildman–Crippen LogP) is 8.52. The summed E-state index contributed by atoms with van der Waals surface area (Å²) in [5.74, 6) is -0.247. The van der Waals surface area contributed by atoms with Gasteiger partial charge in [0.25, 0.3) is 0 Å². The van der Waals surface area contributed by atoms with Crippen LogP contribution in [0.15, 0.2) is 109 Å². The predicted molar refractivity (Wildman–Crippen MR) is 138 cm³/mol. The summed E-state index contributed by atoms with van der Waals surface area (Å²) in [5, 5.41) is 7.34. The van der Waals surface area contributed by atoms with E-state index in [0.717, 1.165) is 16.8 Å². The first-order valence-electron chi connectivity index (χ1n) is 11.0. The van der Waals surface area contributed by atoms with Crippen molar-refractivity contribution in [3.05, 3.63) is 126 Å². The number of hydrogen-bond acceptors (Lipinski definition) is 1. The van der Waals surface area contributed by atoms with Crippen molar-refractivity contribution in [2.24, 2.45) is 0 Å². The van der Waals surface area contributed by atoms with Gasteiger partial charge in [0, 0.05) is 17.3 Å². The van der Waals surface area contributed by atoms with E-state index < -0.39 is 0 Å². The normalized spacial score (nSPS) is 11.7. The number of fused-ring (bicyclic) bond motifs is 5. The zero-order chi connectivity index (χ0) is 22.2. The second-order valence-corrected chi connectivity index (χ2v) is 8.22. The maximum Gasteiger partial charge on any atom is 0.130 e. The minimum atomic E-state index is -0.247. The Kier molecular flexibility index (Phi) is 4.70. The quantitative estimate of drug-likeness (QED) is 0.204. The highest BCUT2D eigenvalue weighted by molar-refractivity contribution is 6.20. The van der Waals surface area contributed by atoms with Crippen molar-refractivity contribution in [3.63, 3.8) is 0 Å². The van der Waals surface area contributed by atoms with Gasteiger partial charge in [-0.1, -0.05) is 78.9 Å². The van der Waals surface area contributed by atoms with Crippen LogP contribution in [-0.4, -0.2) is 4.98 Å². The molecule has 0 atom stereocenters. The van der Waals surface area contributed by atoms with Crippen molar-refractivity contribution in [2.75, 3.05) is 0 Å². The summed E-state index contributed by atoms with van der Waals surface area (Å²) in [6.07, 6.45) is 5.56. The first-order valence-corrected chi connectivity index (χ1v) is 11.0. The number of rotatable bonds is 3. The molecular formula is C31H20FN. The van der Waals surface area contributed by atoms with Gasteiger partial charge >= 0.3 is 0 Å². The largest absolute Gasteiger partial charge is 0.256 e. The molecule has 0 radical (unpaired) electrons. The molecule has 0 fully saturated rings. The SMILES string of the molecule is Fc1ccc(-c2ccccn2)cc1/C=C/c1ccc2ccc3ccc4ccccc4c3c2c1. The number of nitrogens with zero attached hydrogens (tertiary/aromatic N) is 1. The van der Waals surface area contributed by atoms with Crippen LogP contribution >= 0.6 is 0 Å². The Morgan fingerprint density at radius 2 is 1.36 bits per heavy atom. The molecule has 0 bridgehead atoms. The number of halogens is 1. The average molecular weight is 426 g/mol. The number of pyridine rings is 1. The first-order chi connectivity index (χ1) is 16.3. The lowest BCUT2D eigenvalue weighted by atomic mass is 9.95. The fourth-order valence-electron chi connectivity index (χ4n) is 4.50. The van der Waals surface area contributed by atoms with Crippen molar-refractivity contribution in [1.82, 2.24) is 4.98 Å². The molecule has 1 heterocycles. The summed E-state index contributed by atoms with van der Waals surface area (Å²) < 4.78 is 14.6. The van der Waals surface area contributed by atoms with Crippen LogP contribution in [0.25, 0.3) is 55.7 Å². The molecule has 0 amide bonds. The smallest absolute Gasteiger partial charge is 0.130 e. The number of benzene rings is 5. The second-order valence-electron chi connectivity index (χ2n) is 8.22. The molecule has 33 heavy (non-hydrogen) atoms. The van der Waals surface area contributed by atoms with Crippen LogP contribution in [0.1, 0.15) is 11.1 Å². The summed E-state index contributed by atoms with van der Waals surface area (Å²) in [5.41, 5.74) is 3.30. The molecule has 0 spiro atoms. The van der Waals surface area contributed by atoms with E-state index in [1.165, 1.54) is 38.4 Å². The summed E-state index contributed by atoms with van der Waals surface area (Å²) >= 11 is 0. The Balaban J connectivity index is 1.46. The molecule has 0 N–H and O–H groups in total. The minimum Gasteiger partial charge on any atom is -0.256 e. The van der Waals surface area contributed by atoms with E-state index in [4.69, 9.17) is 0 Å². The van der Waals surface area contributed by atoms with Gasteiger partial charge in [-0.25, -0.2) is 4.39 Å². The molecule has 5 aromatic carbocycles. The molecule has 0 aliphatic rings. The summed E-state index contributed by atoms with van der Waals surface area (Å²) in [7, 11) is 0. The third kappa shape index (κ3) is 3.56. The second kappa shape index (κ2) is 7.99. The van der Waals surface area contributed by atoms with Gasteiger partial charge in [0.2, 0.25) is 0 Å². The van der Waals surface area contributed by atoms with Gasteiger partial charge in [-0.15, -0.1) is 0 Å². The molecule has 0 aliphatic carbocycles. The van der Waals surface area contributed by atoms with Crippen LogP contribution < -0.4 is 0 Å². The van der Waals surface area contributed by atoms with Crippen LogP contribution in [0, 0.1) is 5.82 Å². The van der Waals surface area contributed by atoms with Crippen molar-refractivity contribution in [1.29, 1.82) is 0 Å². The topological polar surface area (TPSA) is 12.9 Å². The Morgan fingerprint density at radius 3 is 2.21 bits per heavy atom. The molecule has 0 saturated carbocycles. The van der Waals surface area contributed by atoms with Gasteiger partial charge in [0.1, 0.15) is 5.82 Å². The Hall–Kier alpha value is -4.30. The maximum absolute atomic E-state index is 14.6. The molecule has 0 saturated heterocycles. The van der Waals surface area contributed by atoms with E-state index in [-0.39, 0.29) is 5.82 Å². The van der Waals surface area contributed by atoms with E-state index in [2.05, 4.69) is 71.7 Å². The highest BCUT2D eigenvalue weighted by Crippen LogP contribution is 2.33. The molecule has 156 valence electrons. The lowest BCUT2D eigenvalue weighted by Gasteiger charge is -2.09. The third-order valence-electron chi connectivity index (χ3n) is 6.16. The lowest BCUT2D eigenvalue weighted by Crippen LogP contribution is -1.87. The summed E-state index contributed by atoms with van der Waals surface area (Å²) in [6, 6.07) is 34.4. The summed E-state index contributed by atoms with van der Waals surface area (Å²) in [6.45, 7) is 0. The van der Waals surface area contributed by atoms with Crippen molar-refractivity contribution >= 4 is 44.5 Å². The highest BCUT2D eigenvalue weighted by atomic mass is 19.1. The number of aromatic nitrogens is 1. The Labute approximate surface area is 191 Å². The van der Waals surface area contributed by atoms with E-state index in [1.807, 2.05) is 36.4 Å². The van der Waals surface area contributed by atoms with Crippen LogP contribution in [0.2, 0.25) is 0 Å². The summed E-state index contributed by atoms with van der Waals surface area (Å²) in [4.78, 5) is 4.38. The van der Waals surface area contributed by atoms with Crippen molar-refractivity contribution in [2.45, 2.75) is 0 Å². The van der Waals surface area contributed by atoms with E-state index >= 15 is 0 Å². The van der Waals surface area contributed by atoms with Crippen molar-refractivity contribution in [3.8, 4) is 11.3 Å². The molecular weight excluding hydrogens is 405 g/mol. The first kappa shape index (κ1) is 19.4. The zero-order valence-electron chi connectivity index (χ0n) is 17.9. The average Bonchev–Trinajstić information content (AvgIpc) is 2.88. The van der Waals surface area contributed by atoms with Crippen LogP contribution in [0.4, 0.5) is 4.39 Å². The van der Waals surface area contributed by atoms with Gasteiger partial charge in [-0.3, -0.25) is 4.98 Å². The lowest BCUT2D eigenvalue weighted by molar-refractivity contribution is 0.625. The fourth-order valence-corrected chi connectivity index (χ4v) is 4.50. The minimum absolute atomic E-state index is 0.247. The highest BCUT2D eigenvalue weighted by Gasteiger charge is 2.07. The van der Waals surface area contributed by atoms with Crippen molar-refractivity contribution < 1.29 is 4.39 Å². The molecule has 0 aliphatic heterocycles. The van der Waals surface area contributed by atoms with Crippen LogP contribution in [-0.2, 0) is 0 Å². The van der Waals surface area contributed by atoms with Crippen LogP contribution in [0.5, 0.6) is 0 Å². The van der Waals surface area contributed by atoms with Gasteiger partial charge in [-0.05, 0) is 74.3 Å². The number of hydrogen-bond donors (Lipinski definition) is 0. The fraction of sp³-hybridized carbons (Fsp3) is 0. The third-order valence-corrected chi connectivity index (χ3v) is 6.16. The molecule has 0 unspecified atom stereocenters. The molecule has 2 heteroatoms. The van der Waals surface area contributed by atoms with E-state index in [1.54, 1.807) is 12.3 Å². The zero-order valence-corrected chi connectivity index (χ0v) is 17.9. The van der Waals surface area contributed by atoms with Crippen LogP contribution in [0.3, 0.4) is 0 Å². The van der Waals surface area contributed by atoms with Gasteiger partial charge in [0.15, 0.2) is 0 Å². The Morgan fingerprint density at radius 1 is 0.606 bits per heavy atom. The monoisotopic (exact) mass is 425 g/mol. The molecule has 6 rings (SSSR count). The van der Waals surface area contributed by atoms with Gasteiger partial charge in [0.05, 0.1) is 5.69 Å². The molecule has 1 aromatic heterocycles. The van der Waals surface area contributed by atoms with Gasteiger partial charge < -0.3 is 0 Å².